The SMILES string of the molecule is O=C(O)C1CCCC1C(=O)NC1CCCC(CO)C1. The Kier molecular flexibility index (Phi) is 4.80. The van der Waals surface area contributed by atoms with Gasteiger partial charge in [0.1, 0.15) is 0 Å². The van der Waals surface area contributed by atoms with Gasteiger partial charge in [-0.15, -0.1) is 0 Å². The highest BCUT2D eigenvalue weighted by molar-refractivity contribution is 5.85. The number of hydrogen-bond acceptors (Lipinski definition) is 3. The van der Waals surface area contributed by atoms with Crippen molar-refractivity contribution in [1.82, 2.24) is 5.32 Å². The molecule has 0 bridgehead atoms. The van der Waals surface area contributed by atoms with Gasteiger partial charge < -0.3 is 15.5 Å². The molecule has 0 aromatic carbocycles. The molecular weight excluding hydrogens is 246 g/mol. The summed E-state index contributed by atoms with van der Waals surface area (Å²) in [5.74, 6) is -1.56. The summed E-state index contributed by atoms with van der Waals surface area (Å²) < 4.78 is 0. The van der Waals surface area contributed by atoms with Crippen molar-refractivity contribution in [2.24, 2.45) is 17.8 Å². The molecule has 4 unspecified atom stereocenters. The summed E-state index contributed by atoms with van der Waals surface area (Å²) in [4.78, 5) is 23.3. The van der Waals surface area contributed by atoms with E-state index in [9.17, 15) is 14.7 Å². The molecule has 2 fully saturated rings. The number of carboxylic acid groups (broad SMARTS) is 1. The lowest BCUT2D eigenvalue weighted by atomic mass is 9.85. The van der Waals surface area contributed by atoms with Crippen molar-refractivity contribution in [3.05, 3.63) is 0 Å². The lowest BCUT2D eigenvalue weighted by Gasteiger charge is -2.30. The number of amides is 1. The topological polar surface area (TPSA) is 86.6 Å². The average Bonchev–Trinajstić information content (AvgIpc) is 2.88. The maximum atomic E-state index is 12.2. The van der Waals surface area contributed by atoms with Crippen LogP contribution in [-0.2, 0) is 9.59 Å². The Hall–Kier alpha value is -1.10. The second-order valence-electron chi connectivity index (χ2n) is 5.90. The number of rotatable bonds is 4. The van der Waals surface area contributed by atoms with Crippen LogP contribution in [-0.4, -0.2) is 34.7 Å². The molecule has 4 atom stereocenters. The van der Waals surface area contributed by atoms with E-state index in [0.29, 0.717) is 12.8 Å². The number of carboxylic acids is 1. The fourth-order valence-electron chi connectivity index (χ4n) is 3.47. The number of aliphatic hydroxyl groups is 1. The van der Waals surface area contributed by atoms with Crippen molar-refractivity contribution in [2.75, 3.05) is 6.61 Å². The number of aliphatic carboxylic acids is 1. The third-order valence-electron chi connectivity index (χ3n) is 4.56. The normalized spacial score (nSPS) is 35.0. The fraction of sp³-hybridized carbons (Fsp3) is 0.857. The van der Waals surface area contributed by atoms with Crippen molar-refractivity contribution in [2.45, 2.75) is 51.0 Å². The van der Waals surface area contributed by atoms with Gasteiger partial charge in [-0.25, -0.2) is 0 Å². The summed E-state index contributed by atoms with van der Waals surface area (Å²) in [6.07, 6.45) is 5.89. The molecule has 2 aliphatic carbocycles. The van der Waals surface area contributed by atoms with E-state index >= 15 is 0 Å². The first-order valence-electron chi connectivity index (χ1n) is 7.26. The van der Waals surface area contributed by atoms with Gasteiger partial charge >= 0.3 is 5.97 Å². The van der Waals surface area contributed by atoms with E-state index in [1.165, 1.54) is 0 Å². The zero-order valence-electron chi connectivity index (χ0n) is 11.2. The summed E-state index contributed by atoms with van der Waals surface area (Å²) in [5, 5.41) is 21.3. The summed E-state index contributed by atoms with van der Waals surface area (Å²) in [6, 6.07) is 0.105. The maximum Gasteiger partial charge on any atom is 0.307 e. The molecule has 108 valence electrons. The van der Waals surface area contributed by atoms with Crippen LogP contribution in [0.2, 0.25) is 0 Å². The number of carbonyl (C=O) groups is 2. The largest absolute Gasteiger partial charge is 0.481 e. The molecule has 5 nitrogen and oxygen atoms in total. The molecular formula is C14H23NO4. The standard InChI is InChI=1S/C14H23NO4/c16-8-9-3-1-4-10(7-9)15-13(17)11-5-2-6-12(11)14(18)19/h9-12,16H,1-8H2,(H,15,17)(H,18,19). The van der Waals surface area contributed by atoms with Gasteiger partial charge in [0, 0.05) is 12.6 Å². The lowest BCUT2D eigenvalue weighted by molar-refractivity contribution is -0.146. The second-order valence-corrected chi connectivity index (χ2v) is 5.90. The predicted molar refractivity (Wildman–Crippen MR) is 69.4 cm³/mol. The van der Waals surface area contributed by atoms with Crippen LogP contribution >= 0.6 is 0 Å². The third-order valence-corrected chi connectivity index (χ3v) is 4.56. The van der Waals surface area contributed by atoms with E-state index in [2.05, 4.69) is 5.32 Å². The van der Waals surface area contributed by atoms with E-state index in [1.54, 1.807) is 0 Å². The smallest absolute Gasteiger partial charge is 0.307 e. The Morgan fingerprint density at radius 1 is 1.05 bits per heavy atom. The van der Waals surface area contributed by atoms with Gasteiger partial charge in [0.2, 0.25) is 5.91 Å². The first kappa shape index (κ1) is 14.3. The third kappa shape index (κ3) is 3.47. The second kappa shape index (κ2) is 6.37. The fourth-order valence-corrected chi connectivity index (χ4v) is 3.47. The van der Waals surface area contributed by atoms with Crippen molar-refractivity contribution in [3.63, 3.8) is 0 Å². The monoisotopic (exact) mass is 269 g/mol. The Morgan fingerprint density at radius 2 is 1.74 bits per heavy atom. The Balaban J connectivity index is 1.88. The van der Waals surface area contributed by atoms with Gasteiger partial charge in [0.05, 0.1) is 11.8 Å². The molecule has 2 rings (SSSR count). The maximum absolute atomic E-state index is 12.2. The number of aliphatic hydroxyl groups excluding tert-OH is 1. The van der Waals surface area contributed by atoms with Crippen LogP contribution in [0, 0.1) is 17.8 Å². The van der Waals surface area contributed by atoms with Crippen molar-refractivity contribution < 1.29 is 19.8 Å². The van der Waals surface area contributed by atoms with Crippen molar-refractivity contribution in [3.8, 4) is 0 Å². The zero-order valence-corrected chi connectivity index (χ0v) is 11.2. The average molecular weight is 269 g/mol. The molecule has 3 N–H and O–H groups in total. The summed E-state index contributed by atoms with van der Waals surface area (Å²) in [6.45, 7) is 0.174. The highest BCUT2D eigenvalue weighted by atomic mass is 16.4. The molecule has 0 radical (unpaired) electrons. The molecule has 0 spiro atoms. The number of nitrogens with one attached hydrogen (secondary N) is 1. The highest BCUT2D eigenvalue weighted by Gasteiger charge is 2.38. The number of hydrogen-bond donors (Lipinski definition) is 3. The van der Waals surface area contributed by atoms with Gasteiger partial charge in [-0.3, -0.25) is 9.59 Å². The minimum atomic E-state index is -0.852. The minimum Gasteiger partial charge on any atom is -0.481 e. The molecule has 0 aliphatic heterocycles. The quantitative estimate of drug-likeness (QED) is 0.714. The van der Waals surface area contributed by atoms with Gasteiger partial charge in [-0.2, -0.15) is 0 Å². The number of carbonyl (C=O) groups excluding carboxylic acids is 1. The summed E-state index contributed by atoms with van der Waals surface area (Å²) in [7, 11) is 0. The summed E-state index contributed by atoms with van der Waals surface area (Å²) in [5.41, 5.74) is 0. The van der Waals surface area contributed by atoms with Crippen LogP contribution in [0.15, 0.2) is 0 Å². The highest BCUT2D eigenvalue weighted by Crippen LogP contribution is 2.33. The van der Waals surface area contributed by atoms with Crippen molar-refractivity contribution in [1.29, 1.82) is 0 Å². The molecule has 0 aromatic heterocycles. The van der Waals surface area contributed by atoms with Crippen LogP contribution < -0.4 is 5.32 Å². The molecule has 2 aliphatic rings. The minimum absolute atomic E-state index is 0.103. The summed E-state index contributed by atoms with van der Waals surface area (Å²) >= 11 is 0. The van der Waals surface area contributed by atoms with E-state index in [0.717, 1.165) is 32.1 Å². The van der Waals surface area contributed by atoms with Crippen LogP contribution in [0.25, 0.3) is 0 Å². The van der Waals surface area contributed by atoms with E-state index in [4.69, 9.17) is 5.11 Å². The molecule has 1 amide bonds. The molecule has 19 heavy (non-hydrogen) atoms. The Morgan fingerprint density at radius 3 is 2.42 bits per heavy atom. The van der Waals surface area contributed by atoms with E-state index in [-0.39, 0.29) is 30.4 Å². The predicted octanol–water partition coefficient (Wildman–Crippen LogP) is 1.15. The Bertz CT molecular complexity index is 344. The van der Waals surface area contributed by atoms with Crippen LogP contribution in [0.1, 0.15) is 44.9 Å². The molecule has 0 saturated heterocycles. The van der Waals surface area contributed by atoms with Crippen molar-refractivity contribution >= 4 is 11.9 Å². The molecule has 0 aromatic rings. The van der Waals surface area contributed by atoms with Crippen LogP contribution in [0.4, 0.5) is 0 Å². The van der Waals surface area contributed by atoms with E-state index in [1.807, 2.05) is 0 Å². The molecule has 2 saturated carbocycles. The molecule has 5 heteroatoms. The van der Waals surface area contributed by atoms with Gasteiger partial charge in [-0.05, 0) is 38.0 Å². The van der Waals surface area contributed by atoms with Gasteiger partial charge in [-0.1, -0.05) is 12.8 Å². The zero-order chi connectivity index (χ0) is 13.8. The van der Waals surface area contributed by atoms with Gasteiger partial charge in [0.15, 0.2) is 0 Å². The van der Waals surface area contributed by atoms with E-state index < -0.39 is 11.9 Å². The first-order valence-corrected chi connectivity index (χ1v) is 7.26. The lowest BCUT2D eigenvalue weighted by Crippen LogP contribution is -2.43. The van der Waals surface area contributed by atoms with Gasteiger partial charge in [0.25, 0.3) is 0 Å². The van der Waals surface area contributed by atoms with Crippen LogP contribution in [0.5, 0.6) is 0 Å². The van der Waals surface area contributed by atoms with Crippen LogP contribution in [0.3, 0.4) is 0 Å². The first-order chi connectivity index (χ1) is 9.11. The molecule has 0 heterocycles. The Labute approximate surface area is 113 Å².